The molecule has 4 atom stereocenters. The van der Waals surface area contributed by atoms with E-state index in [-0.39, 0.29) is 6.61 Å². The Labute approximate surface area is 158 Å². The average molecular weight is 368 g/mol. The van der Waals surface area contributed by atoms with Crippen LogP contribution in [0.4, 0.5) is 4.79 Å². The van der Waals surface area contributed by atoms with Crippen molar-refractivity contribution in [2.24, 2.45) is 11.7 Å². The van der Waals surface area contributed by atoms with E-state index in [2.05, 4.69) is 0 Å². The number of carbonyl (C=O) groups excluding carboxylic acids is 2. The number of amides is 1. The van der Waals surface area contributed by atoms with Gasteiger partial charge in [0, 0.05) is 12.1 Å². The second-order valence-corrected chi connectivity index (χ2v) is 6.67. The highest BCUT2D eigenvalue weighted by Gasteiger charge is 2.52. The van der Waals surface area contributed by atoms with Gasteiger partial charge in [0.1, 0.15) is 6.61 Å². The summed E-state index contributed by atoms with van der Waals surface area (Å²) in [4.78, 5) is 26.7. The highest BCUT2D eigenvalue weighted by atomic mass is 16.6. The van der Waals surface area contributed by atoms with Gasteiger partial charge in [-0.2, -0.15) is 0 Å². The van der Waals surface area contributed by atoms with Crippen LogP contribution >= 0.6 is 0 Å². The normalized spacial score (nSPS) is 24.5. The Hall–Kier alpha value is -2.86. The van der Waals surface area contributed by atoms with Gasteiger partial charge in [0.05, 0.1) is 19.1 Å². The van der Waals surface area contributed by atoms with Gasteiger partial charge in [-0.05, 0) is 18.1 Å². The van der Waals surface area contributed by atoms with Gasteiger partial charge < -0.3 is 15.2 Å². The number of rotatable bonds is 4. The van der Waals surface area contributed by atoms with Crippen LogP contribution in [-0.2, 0) is 20.9 Å². The van der Waals surface area contributed by atoms with E-state index >= 15 is 0 Å². The Morgan fingerprint density at radius 1 is 1.04 bits per heavy atom. The van der Waals surface area contributed by atoms with Crippen LogP contribution in [0, 0.1) is 5.92 Å². The molecule has 1 saturated heterocycles. The van der Waals surface area contributed by atoms with Crippen LogP contribution < -0.4 is 5.73 Å². The maximum absolute atomic E-state index is 12.9. The number of methoxy groups -OCH3 is 1. The van der Waals surface area contributed by atoms with Crippen LogP contribution in [0.5, 0.6) is 0 Å². The van der Waals surface area contributed by atoms with Gasteiger partial charge >= 0.3 is 12.1 Å². The number of nitrogens with zero attached hydrogens (tertiary/aromatic N) is 1. The van der Waals surface area contributed by atoms with Crippen molar-refractivity contribution in [3.63, 3.8) is 0 Å². The largest absolute Gasteiger partial charge is 0.469 e. The van der Waals surface area contributed by atoms with E-state index in [1.165, 1.54) is 7.11 Å². The van der Waals surface area contributed by atoms with E-state index in [1.807, 2.05) is 60.7 Å². The van der Waals surface area contributed by atoms with Crippen molar-refractivity contribution in [3.8, 4) is 0 Å². The van der Waals surface area contributed by atoms with Crippen molar-refractivity contribution in [3.05, 3.63) is 71.8 Å². The van der Waals surface area contributed by atoms with Crippen LogP contribution in [0.25, 0.3) is 0 Å². The number of benzene rings is 2. The fourth-order valence-electron chi connectivity index (χ4n) is 3.73. The molecule has 1 fully saturated rings. The molecule has 1 aliphatic rings. The molecule has 2 N–H and O–H groups in total. The Morgan fingerprint density at radius 3 is 2.22 bits per heavy atom. The lowest BCUT2D eigenvalue weighted by Crippen LogP contribution is -2.39. The van der Waals surface area contributed by atoms with Gasteiger partial charge in [-0.25, -0.2) is 4.79 Å². The first-order chi connectivity index (χ1) is 13.0. The molecule has 1 aliphatic heterocycles. The predicted molar refractivity (Wildman–Crippen MR) is 101 cm³/mol. The predicted octanol–water partition coefficient (Wildman–Crippen LogP) is 2.89. The third kappa shape index (κ3) is 3.80. The van der Waals surface area contributed by atoms with Gasteiger partial charge in [0.15, 0.2) is 0 Å². The minimum absolute atomic E-state index is 0.155. The van der Waals surface area contributed by atoms with Gasteiger partial charge in [-0.3, -0.25) is 9.69 Å². The summed E-state index contributed by atoms with van der Waals surface area (Å²) >= 11 is 0. The minimum atomic E-state index is -0.621. The fourth-order valence-corrected chi connectivity index (χ4v) is 3.73. The highest BCUT2D eigenvalue weighted by Crippen LogP contribution is 2.40. The highest BCUT2D eigenvalue weighted by molar-refractivity contribution is 5.78. The van der Waals surface area contributed by atoms with E-state index in [0.717, 1.165) is 11.1 Å². The maximum Gasteiger partial charge on any atom is 0.410 e. The molecule has 0 bridgehead atoms. The van der Waals surface area contributed by atoms with Crippen LogP contribution in [0.2, 0.25) is 0 Å². The van der Waals surface area contributed by atoms with E-state index in [0.29, 0.717) is 0 Å². The first-order valence-electron chi connectivity index (χ1n) is 8.92. The molecule has 3 rings (SSSR count). The molecule has 2 aromatic rings. The van der Waals surface area contributed by atoms with Gasteiger partial charge in [-0.1, -0.05) is 60.7 Å². The Morgan fingerprint density at radius 2 is 1.63 bits per heavy atom. The number of esters is 1. The molecule has 2 aromatic carbocycles. The third-order valence-corrected chi connectivity index (χ3v) is 5.07. The number of hydrogen-bond donors (Lipinski definition) is 1. The topological polar surface area (TPSA) is 81.9 Å². The van der Waals surface area contributed by atoms with Crippen LogP contribution in [-0.4, -0.2) is 36.2 Å². The molecular weight excluding hydrogens is 344 g/mol. The monoisotopic (exact) mass is 368 g/mol. The molecule has 0 saturated carbocycles. The summed E-state index contributed by atoms with van der Waals surface area (Å²) in [6.07, 6.45) is -0.498. The number of ether oxygens (including phenoxy) is 2. The van der Waals surface area contributed by atoms with E-state index in [4.69, 9.17) is 15.2 Å². The number of carbonyl (C=O) groups is 2. The first kappa shape index (κ1) is 18.9. The SMILES string of the molecule is COC(=O)[C@@H]1[C@@H](N)[C@H](c2ccccc2)N(C(=O)OCc2ccccc2)[C@H]1C. The van der Waals surface area contributed by atoms with E-state index in [1.54, 1.807) is 11.8 Å². The lowest BCUT2D eigenvalue weighted by atomic mass is 9.92. The number of likely N-dealkylation sites (tertiary alicyclic amines) is 1. The maximum atomic E-state index is 12.9. The summed E-state index contributed by atoms with van der Waals surface area (Å²) in [5.41, 5.74) is 8.16. The average Bonchev–Trinajstić information content (AvgIpc) is 2.97. The lowest BCUT2D eigenvalue weighted by Gasteiger charge is -2.29. The van der Waals surface area contributed by atoms with Crippen molar-refractivity contribution in [2.75, 3.05) is 7.11 Å². The van der Waals surface area contributed by atoms with E-state index in [9.17, 15) is 9.59 Å². The zero-order chi connectivity index (χ0) is 19.4. The van der Waals surface area contributed by atoms with Crippen molar-refractivity contribution < 1.29 is 19.1 Å². The summed E-state index contributed by atoms with van der Waals surface area (Å²) in [5.74, 6) is -1.04. The van der Waals surface area contributed by atoms with Crippen molar-refractivity contribution in [2.45, 2.75) is 31.7 Å². The number of hydrogen-bond acceptors (Lipinski definition) is 5. The van der Waals surface area contributed by atoms with E-state index < -0.39 is 36.1 Å². The quantitative estimate of drug-likeness (QED) is 0.839. The second-order valence-electron chi connectivity index (χ2n) is 6.67. The van der Waals surface area contributed by atoms with Crippen molar-refractivity contribution in [1.82, 2.24) is 4.90 Å². The van der Waals surface area contributed by atoms with Gasteiger partial charge in [-0.15, -0.1) is 0 Å². The first-order valence-corrected chi connectivity index (χ1v) is 8.92. The molecular formula is C21H24N2O4. The molecule has 27 heavy (non-hydrogen) atoms. The van der Waals surface area contributed by atoms with Gasteiger partial charge in [0.25, 0.3) is 0 Å². The third-order valence-electron chi connectivity index (χ3n) is 5.07. The second kappa shape index (κ2) is 8.22. The molecule has 0 unspecified atom stereocenters. The van der Waals surface area contributed by atoms with Crippen LogP contribution in [0.3, 0.4) is 0 Å². The smallest absolute Gasteiger partial charge is 0.410 e. The van der Waals surface area contributed by atoms with Gasteiger partial charge in [0.2, 0.25) is 0 Å². The van der Waals surface area contributed by atoms with Crippen molar-refractivity contribution >= 4 is 12.1 Å². The molecule has 1 amide bonds. The number of nitrogens with two attached hydrogens (primary N) is 1. The molecule has 0 spiro atoms. The molecule has 0 radical (unpaired) electrons. The Balaban J connectivity index is 1.86. The Bertz CT molecular complexity index is 781. The Kier molecular flexibility index (Phi) is 5.76. The summed E-state index contributed by atoms with van der Waals surface area (Å²) in [7, 11) is 1.33. The molecule has 6 nitrogen and oxygen atoms in total. The molecule has 0 aromatic heterocycles. The minimum Gasteiger partial charge on any atom is -0.469 e. The molecule has 0 aliphatic carbocycles. The molecule has 1 heterocycles. The summed E-state index contributed by atoms with van der Waals surface area (Å²) in [5, 5.41) is 0. The molecule has 142 valence electrons. The summed E-state index contributed by atoms with van der Waals surface area (Å²) in [6, 6.07) is 17.4. The van der Waals surface area contributed by atoms with Crippen LogP contribution in [0.15, 0.2) is 60.7 Å². The summed E-state index contributed by atoms with van der Waals surface area (Å²) < 4.78 is 10.4. The fraction of sp³-hybridized carbons (Fsp3) is 0.333. The zero-order valence-electron chi connectivity index (χ0n) is 15.4. The van der Waals surface area contributed by atoms with Crippen molar-refractivity contribution in [1.29, 1.82) is 0 Å². The summed E-state index contributed by atoms with van der Waals surface area (Å²) in [6.45, 7) is 1.96. The van der Waals surface area contributed by atoms with Crippen LogP contribution in [0.1, 0.15) is 24.1 Å². The molecule has 6 heteroatoms. The lowest BCUT2D eigenvalue weighted by molar-refractivity contribution is -0.146. The standard InChI is InChI=1S/C21H24N2O4/c1-14-17(20(24)26-2)18(22)19(16-11-7-4-8-12-16)23(14)21(25)27-13-15-9-5-3-6-10-15/h3-12,14,17-19H,13,22H2,1-2H3/t14-,17-,18+,19-/m0/s1. The zero-order valence-corrected chi connectivity index (χ0v) is 15.4.